The number of hydrogen-bond donors (Lipinski definition) is 0. The van der Waals surface area contributed by atoms with Crippen molar-refractivity contribution >= 4 is 5.78 Å². The fraction of sp³-hybridized carbons (Fsp3) is 0.545. The lowest BCUT2D eigenvalue weighted by molar-refractivity contribution is -0.120. The second-order valence-electron chi connectivity index (χ2n) is 4.58. The van der Waals surface area contributed by atoms with Gasteiger partial charge in [0.15, 0.2) is 0 Å². The highest BCUT2D eigenvalue weighted by atomic mass is 16.3. The number of carbonyl (C=O) groups is 1. The zero-order chi connectivity index (χ0) is 9.90. The van der Waals surface area contributed by atoms with Crippen LogP contribution in [0.25, 0.3) is 0 Å². The van der Waals surface area contributed by atoms with Crippen LogP contribution in [0.1, 0.15) is 32.8 Å². The van der Waals surface area contributed by atoms with Gasteiger partial charge in [-0.05, 0) is 17.0 Å². The number of carbonyl (C=O) groups excluding carboxylic acids is 1. The molecule has 1 aromatic heterocycles. The van der Waals surface area contributed by atoms with Crippen LogP contribution < -0.4 is 0 Å². The second-order valence-corrected chi connectivity index (χ2v) is 4.58. The maximum atomic E-state index is 11.5. The molecule has 0 atom stereocenters. The highest BCUT2D eigenvalue weighted by Gasteiger charge is 2.16. The van der Waals surface area contributed by atoms with E-state index in [-0.39, 0.29) is 11.2 Å². The predicted molar refractivity (Wildman–Crippen MR) is 51.5 cm³/mol. The standard InChI is InChI=1S/C11H16O2/c1-11(2,3)7-10(12)6-9-4-5-13-8-9/h4-5,8H,6-7H2,1-3H3. The van der Waals surface area contributed by atoms with Crippen LogP contribution in [-0.4, -0.2) is 5.78 Å². The molecule has 1 rings (SSSR count). The van der Waals surface area contributed by atoms with Crippen molar-refractivity contribution < 1.29 is 9.21 Å². The molecule has 2 nitrogen and oxygen atoms in total. The first-order chi connectivity index (χ1) is 5.97. The summed E-state index contributed by atoms with van der Waals surface area (Å²) in [6.07, 6.45) is 4.34. The lowest BCUT2D eigenvalue weighted by Crippen LogP contribution is -2.14. The van der Waals surface area contributed by atoms with Crippen LogP contribution >= 0.6 is 0 Å². The molecular weight excluding hydrogens is 164 g/mol. The lowest BCUT2D eigenvalue weighted by Gasteiger charge is -2.16. The number of furan rings is 1. The van der Waals surface area contributed by atoms with E-state index in [0.29, 0.717) is 12.8 Å². The molecule has 0 aromatic carbocycles. The SMILES string of the molecule is CC(C)(C)CC(=O)Cc1ccoc1. The molecule has 0 aliphatic heterocycles. The first-order valence-electron chi connectivity index (χ1n) is 4.50. The normalized spacial score (nSPS) is 11.6. The van der Waals surface area contributed by atoms with Crippen molar-refractivity contribution in [2.75, 3.05) is 0 Å². The van der Waals surface area contributed by atoms with Crippen LogP contribution in [0.15, 0.2) is 23.0 Å². The van der Waals surface area contributed by atoms with Gasteiger partial charge in [0.2, 0.25) is 0 Å². The number of Topliss-reactive ketones (excluding diaryl/α,β-unsaturated/α-hetero) is 1. The summed E-state index contributed by atoms with van der Waals surface area (Å²) < 4.78 is 4.89. The molecule has 0 amide bonds. The molecule has 0 N–H and O–H groups in total. The van der Waals surface area contributed by atoms with Crippen LogP contribution in [0.2, 0.25) is 0 Å². The largest absolute Gasteiger partial charge is 0.472 e. The van der Waals surface area contributed by atoms with Gasteiger partial charge in [0.1, 0.15) is 5.78 Å². The third-order valence-electron chi connectivity index (χ3n) is 1.71. The lowest BCUT2D eigenvalue weighted by atomic mass is 9.88. The molecule has 1 heterocycles. The highest BCUT2D eigenvalue weighted by Crippen LogP contribution is 2.19. The molecule has 0 unspecified atom stereocenters. The fourth-order valence-corrected chi connectivity index (χ4v) is 1.27. The van der Waals surface area contributed by atoms with Crippen molar-refractivity contribution in [1.82, 2.24) is 0 Å². The van der Waals surface area contributed by atoms with Crippen molar-refractivity contribution in [3.8, 4) is 0 Å². The Kier molecular flexibility index (Phi) is 2.91. The third-order valence-corrected chi connectivity index (χ3v) is 1.71. The van der Waals surface area contributed by atoms with E-state index in [1.807, 2.05) is 6.07 Å². The molecule has 0 aliphatic rings. The molecule has 0 saturated heterocycles. The van der Waals surface area contributed by atoms with E-state index in [4.69, 9.17) is 4.42 Å². The number of ketones is 1. The molecule has 0 aliphatic carbocycles. The van der Waals surface area contributed by atoms with E-state index in [2.05, 4.69) is 20.8 Å². The van der Waals surface area contributed by atoms with Crippen molar-refractivity contribution in [2.24, 2.45) is 5.41 Å². The molecule has 0 radical (unpaired) electrons. The summed E-state index contributed by atoms with van der Waals surface area (Å²) in [6.45, 7) is 6.21. The maximum absolute atomic E-state index is 11.5. The summed E-state index contributed by atoms with van der Waals surface area (Å²) in [5.41, 5.74) is 1.05. The summed E-state index contributed by atoms with van der Waals surface area (Å²) >= 11 is 0. The van der Waals surface area contributed by atoms with Gasteiger partial charge in [-0.1, -0.05) is 20.8 Å². The molecule has 72 valence electrons. The molecule has 0 bridgehead atoms. The van der Waals surface area contributed by atoms with E-state index < -0.39 is 0 Å². The second kappa shape index (κ2) is 3.77. The van der Waals surface area contributed by atoms with Gasteiger partial charge in [0, 0.05) is 12.8 Å². The van der Waals surface area contributed by atoms with Crippen LogP contribution in [0, 0.1) is 5.41 Å². The van der Waals surface area contributed by atoms with E-state index in [1.165, 1.54) is 0 Å². The maximum Gasteiger partial charge on any atom is 0.137 e. The van der Waals surface area contributed by atoms with E-state index in [9.17, 15) is 4.79 Å². The topological polar surface area (TPSA) is 30.2 Å². The predicted octanol–water partition coefficient (Wildman–Crippen LogP) is 2.83. The monoisotopic (exact) mass is 180 g/mol. The van der Waals surface area contributed by atoms with Crippen LogP contribution in [0.5, 0.6) is 0 Å². The Morgan fingerprint density at radius 3 is 2.62 bits per heavy atom. The molecule has 13 heavy (non-hydrogen) atoms. The molecule has 0 fully saturated rings. The van der Waals surface area contributed by atoms with Crippen molar-refractivity contribution in [2.45, 2.75) is 33.6 Å². The van der Waals surface area contributed by atoms with Gasteiger partial charge in [-0.3, -0.25) is 4.79 Å². The van der Waals surface area contributed by atoms with Crippen LogP contribution in [-0.2, 0) is 11.2 Å². The summed E-state index contributed by atoms with van der Waals surface area (Å²) in [4.78, 5) is 11.5. The Hall–Kier alpha value is -1.05. The summed E-state index contributed by atoms with van der Waals surface area (Å²) in [7, 11) is 0. The first-order valence-corrected chi connectivity index (χ1v) is 4.50. The average molecular weight is 180 g/mol. The Morgan fingerprint density at radius 2 is 2.15 bits per heavy atom. The van der Waals surface area contributed by atoms with Crippen molar-refractivity contribution in [1.29, 1.82) is 0 Å². The molecule has 1 aromatic rings. The number of hydrogen-bond acceptors (Lipinski definition) is 2. The number of rotatable bonds is 3. The highest BCUT2D eigenvalue weighted by molar-refractivity contribution is 5.81. The van der Waals surface area contributed by atoms with Crippen molar-refractivity contribution in [3.63, 3.8) is 0 Å². The Balaban J connectivity index is 2.43. The van der Waals surface area contributed by atoms with Crippen LogP contribution in [0.4, 0.5) is 0 Å². The van der Waals surface area contributed by atoms with Gasteiger partial charge in [-0.15, -0.1) is 0 Å². The Labute approximate surface area is 78.9 Å². The van der Waals surface area contributed by atoms with Crippen LogP contribution in [0.3, 0.4) is 0 Å². The molecule has 2 heteroatoms. The first kappa shape index (κ1) is 10.0. The summed E-state index contributed by atoms with van der Waals surface area (Å²) in [6, 6.07) is 1.83. The molecule has 0 saturated carbocycles. The Bertz CT molecular complexity index is 265. The van der Waals surface area contributed by atoms with Gasteiger partial charge < -0.3 is 4.42 Å². The minimum absolute atomic E-state index is 0.0841. The van der Waals surface area contributed by atoms with E-state index in [1.54, 1.807) is 12.5 Å². The summed E-state index contributed by atoms with van der Waals surface area (Å²) in [5, 5.41) is 0. The van der Waals surface area contributed by atoms with Gasteiger partial charge >= 0.3 is 0 Å². The minimum atomic E-state index is 0.0841. The Morgan fingerprint density at radius 1 is 1.46 bits per heavy atom. The average Bonchev–Trinajstić information content (AvgIpc) is 2.34. The van der Waals surface area contributed by atoms with E-state index >= 15 is 0 Å². The zero-order valence-electron chi connectivity index (χ0n) is 8.46. The fourth-order valence-electron chi connectivity index (χ4n) is 1.27. The van der Waals surface area contributed by atoms with Gasteiger partial charge in [-0.2, -0.15) is 0 Å². The smallest absolute Gasteiger partial charge is 0.137 e. The summed E-state index contributed by atoms with van der Waals surface area (Å²) in [5.74, 6) is 0.272. The quantitative estimate of drug-likeness (QED) is 0.716. The van der Waals surface area contributed by atoms with E-state index in [0.717, 1.165) is 5.56 Å². The minimum Gasteiger partial charge on any atom is -0.472 e. The third kappa shape index (κ3) is 3.92. The van der Waals surface area contributed by atoms with Gasteiger partial charge in [0.25, 0.3) is 0 Å². The molecule has 0 spiro atoms. The van der Waals surface area contributed by atoms with Gasteiger partial charge in [0.05, 0.1) is 12.5 Å². The zero-order valence-corrected chi connectivity index (χ0v) is 8.46. The molecular formula is C11H16O2. The van der Waals surface area contributed by atoms with Crippen molar-refractivity contribution in [3.05, 3.63) is 24.2 Å². The van der Waals surface area contributed by atoms with Gasteiger partial charge in [-0.25, -0.2) is 0 Å².